The summed E-state index contributed by atoms with van der Waals surface area (Å²) in [6, 6.07) is 7.37. The van der Waals surface area contributed by atoms with Crippen LogP contribution in [0.3, 0.4) is 0 Å². The molecule has 0 saturated heterocycles. The molecular weight excluding hydrogens is 436 g/mol. The largest absolute Gasteiger partial charge is 0.378 e. The fraction of sp³-hybridized carbons (Fsp3) is 0.348. The number of carbonyl (C=O) groups excluding carboxylic acids is 1. The van der Waals surface area contributed by atoms with Crippen molar-refractivity contribution in [3.05, 3.63) is 85.2 Å². The van der Waals surface area contributed by atoms with Crippen LogP contribution in [0.2, 0.25) is 0 Å². The molecule has 1 saturated carbocycles. The van der Waals surface area contributed by atoms with E-state index in [0.717, 1.165) is 18.9 Å². The maximum atomic E-state index is 14.1. The molecule has 1 aliphatic heterocycles. The molecule has 3 aromatic rings. The summed E-state index contributed by atoms with van der Waals surface area (Å²) < 4.78 is 27.6. The highest BCUT2D eigenvalue weighted by Crippen LogP contribution is 2.53. The van der Waals surface area contributed by atoms with E-state index in [1.165, 1.54) is 21.9 Å². The van der Waals surface area contributed by atoms with Gasteiger partial charge in [-0.1, -0.05) is 18.2 Å². The maximum Gasteiger partial charge on any atom is 0.256 e. The fourth-order valence-electron chi connectivity index (χ4n) is 4.35. The SMILES string of the molecule is O=C([C@H](O)c1cccc(F)c1F)N1CCCc2nc(C3(c4cccs4)CC3)[nH]c(=O)c2C1. The van der Waals surface area contributed by atoms with Crippen LogP contribution in [-0.2, 0) is 23.2 Å². The molecular formula is C23H21F2N3O3S. The van der Waals surface area contributed by atoms with Gasteiger partial charge in [-0.05, 0) is 43.2 Å². The van der Waals surface area contributed by atoms with Crippen molar-refractivity contribution < 1.29 is 18.7 Å². The van der Waals surface area contributed by atoms with Gasteiger partial charge in [0.2, 0.25) is 0 Å². The summed E-state index contributed by atoms with van der Waals surface area (Å²) in [5, 5.41) is 12.4. The second-order valence-electron chi connectivity index (χ2n) is 8.31. The number of carbonyl (C=O) groups is 1. The normalized spacial score (nSPS) is 18.0. The molecule has 2 aromatic heterocycles. The van der Waals surface area contributed by atoms with E-state index < -0.39 is 29.2 Å². The van der Waals surface area contributed by atoms with E-state index in [-0.39, 0.29) is 24.1 Å². The third kappa shape index (κ3) is 3.45. The van der Waals surface area contributed by atoms with Crippen LogP contribution in [0.15, 0.2) is 40.5 Å². The summed E-state index contributed by atoms with van der Waals surface area (Å²) in [6.07, 6.45) is 1.04. The number of aromatic nitrogens is 2. The molecule has 1 amide bonds. The Balaban J connectivity index is 1.43. The molecule has 0 bridgehead atoms. The number of H-pyrrole nitrogens is 1. The number of aryl methyl sites for hydroxylation is 1. The number of hydrogen-bond acceptors (Lipinski definition) is 5. The van der Waals surface area contributed by atoms with Crippen LogP contribution in [0.1, 0.15) is 52.9 Å². The van der Waals surface area contributed by atoms with Crippen molar-refractivity contribution in [3.8, 4) is 0 Å². The van der Waals surface area contributed by atoms with E-state index in [9.17, 15) is 23.5 Å². The third-order valence-corrected chi connectivity index (χ3v) is 7.38. The van der Waals surface area contributed by atoms with Crippen molar-refractivity contribution in [2.75, 3.05) is 6.54 Å². The molecule has 0 radical (unpaired) electrons. The van der Waals surface area contributed by atoms with Gasteiger partial charge in [-0.2, -0.15) is 0 Å². The number of rotatable bonds is 4. The van der Waals surface area contributed by atoms with Crippen molar-refractivity contribution in [1.82, 2.24) is 14.9 Å². The van der Waals surface area contributed by atoms with Crippen LogP contribution in [0.5, 0.6) is 0 Å². The van der Waals surface area contributed by atoms with E-state index >= 15 is 0 Å². The molecule has 166 valence electrons. The molecule has 32 heavy (non-hydrogen) atoms. The second-order valence-corrected chi connectivity index (χ2v) is 9.26. The second kappa shape index (κ2) is 7.90. The Morgan fingerprint density at radius 1 is 1.25 bits per heavy atom. The van der Waals surface area contributed by atoms with E-state index in [1.54, 1.807) is 11.3 Å². The highest BCUT2D eigenvalue weighted by molar-refractivity contribution is 7.10. The lowest BCUT2D eigenvalue weighted by molar-refractivity contribution is -0.141. The van der Waals surface area contributed by atoms with Gasteiger partial charge in [0, 0.05) is 17.0 Å². The molecule has 5 rings (SSSR count). The molecule has 0 spiro atoms. The van der Waals surface area contributed by atoms with Gasteiger partial charge < -0.3 is 15.0 Å². The summed E-state index contributed by atoms with van der Waals surface area (Å²) in [4.78, 5) is 36.1. The topological polar surface area (TPSA) is 86.3 Å². The number of aliphatic hydroxyl groups excluding tert-OH is 1. The Labute approximate surface area is 186 Å². The Hall–Kier alpha value is -2.91. The summed E-state index contributed by atoms with van der Waals surface area (Å²) in [5.41, 5.74) is 0.0455. The van der Waals surface area contributed by atoms with Crippen LogP contribution in [-0.4, -0.2) is 32.4 Å². The van der Waals surface area contributed by atoms with Crippen LogP contribution < -0.4 is 5.56 Å². The Morgan fingerprint density at radius 3 is 2.78 bits per heavy atom. The molecule has 2 aliphatic rings. The van der Waals surface area contributed by atoms with E-state index in [4.69, 9.17) is 4.98 Å². The molecule has 0 unspecified atom stereocenters. The highest BCUT2D eigenvalue weighted by Gasteiger charge is 2.49. The zero-order valence-electron chi connectivity index (χ0n) is 17.1. The first-order valence-corrected chi connectivity index (χ1v) is 11.4. The quantitative estimate of drug-likeness (QED) is 0.630. The Morgan fingerprint density at radius 2 is 2.06 bits per heavy atom. The zero-order chi connectivity index (χ0) is 22.5. The number of benzene rings is 1. The Kier molecular flexibility index (Phi) is 5.17. The number of nitrogens with one attached hydrogen (secondary N) is 1. The number of aromatic amines is 1. The average Bonchev–Trinajstić information content (AvgIpc) is 3.47. The monoisotopic (exact) mass is 457 g/mol. The lowest BCUT2D eigenvalue weighted by atomic mass is 10.0. The van der Waals surface area contributed by atoms with Gasteiger partial charge in [0.1, 0.15) is 5.82 Å². The average molecular weight is 458 g/mol. The van der Waals surface area contributed by atoms with Crippen molar-refractivity contribution in [2.45, 2.75) is 43.7 Å². The van der Waals surface area contributed by atoms with Crippen LogP contribution in [0, 0.1) is 11.6 Å². The molecule has 3 heterocycles. The number of nitrogens with zero attached hydrogens (tertiary/aromatic N) is 2. The molecule has 2 N–H and O–H groups in total. The van der Waals surface area contributed by atoms with Gasteiger partial charge in [0.15, 0.2) is 17.7 Å². The van der Waals surface area contributed by atoms with Gasteiger partial charge in [-0.15, -0.1) is 11.3 Å². The molecule has 1 aliphatic carbocycles. The minimum absolute atomic E-state index is 0.0449. The number of hydrogen-bond donors (Lipinski definition) is 2. The fourth-order valence-corrected chi connectivity index (χ4v) is 5.34. The first-order valence-electron chi connectivity index (χ1n) is 10.5. The summed E-state index contributed by atoms with van der Waals surface area (Å²) >= 11 is 1.64. The van der Waals surface area contributed by atoms with Gasteiger partial charge in [0.25, 0.3) is 11.5 Å². The lowest BCUT2D eigenvalue weighted by Crippen LogP contribution is -2.37. The number of thiophene rings is 1. The number of fused-ring (bicyclic) bond motifs is 1. The van der Waals surface area contributed by atoms with E-state index in [0.29, 0.717) is 29.9 Å². The minimum Gasteiger partial charge on any atom is -0.378 e. The minimum atomic E-state index is -1.85. The number of amides is 1. The highest BCUT2D eigenvalue weighted by atomic mass is 32.1. The van der Waals surface area contributed by atoms with Crippen LogP contribution >= 0.6 is 11.3 Å². The molecule has 1 aromatic carbocycles. The van der Waals surface area contributed by atoms with Crippen LogP contribution in [0.4, 0.5) is 8.78 Å². The lowest BCUT2D eigenvalue weighted by Gasteiger charge is -2.24. The zero-order valence-corrected chi connectivity index (χ0v) is 17.9. The molecule has 9 heteroatoms. The summed E-state index contributed by atoms with van der Waals surface area (Å²) in [5.74, 6) is -2.51. The van der Waals surface area contributed by atoms with Crippen LogP contribution in [0.25, 0.3) is 0 Å². The van der Waals surface area contributed by atoms with Crippen molar-refractivity contribution in [1.29, 1.82) is 0 Å². The smallest absolute Gasteiger partial charge is 0.256 e. The van der Waals surface area contributed by atoms with E-state index in [2.05, 4.69) is 11.1 Å². The van der Waals surface area contributed by atoms with Crippen molar-refractivity contribution in [3.63, 3.8) is 0 Å². The van der Waals surface area contributed by atoms with Gasteiger partial charge in [-0.3, -0.25) is 9.59 Å². The molecule has 1 fully saturated rings. The predicted molar refractivity (Wildman–Crippen MR) is 114 cm³/mol. The van der Waals surface area contributed by atoms with Crippen molar-refractivity contribution >= 4 is 17.2 Å². The Bertz CT molecular complexity index is 1240. The van der Waals surface area contributed by atoms with E-state index in [1.807, 2.05) is 11.4 Å². The predicted octanol–water partition coefficient (Wildman–Crippen LogP) is 3.20. The standard InChI is InChI=1S/C23H21F2N3O3S/c24-15-5-1-4-13(18(15)25)19(29)21(31)28-10-2-6-16-14(12-28)20(30)27-22(26-16)23(8-9-23)17-7-3-11-32-17/h1,3-5,7,11,19,29H,2,6,8-10,12H2,(H,26,27,30)/t19-/m1/s1. The maximum absolute atomic E-state index is 14.1. The number of aliphatic hydroxyl groups is 1. The van der Waals surface area contributed by atoms with Gasteiger partial charge in [-0.25, -0.2) is 13.8 Å². The van der Waals surface area contributed by atoms with Gasteiger partial charge >= 0.3 is 0 Å². The summed E-state index contributed by atoms with van der Waals surface area (Å²) in [7, 11) is 0. The van der Waals surface area contributed by atoms with Crippen molar-refractivity contribution in [2.24, 2.45) is 0 Å². The third-order valence-electron chi connectivity index (χ3n) is 6.31. The van der Waals surface area contributed by atoms with Gasteiger partial charge in [0.05, 0.1) is 23.2 Å². The number of halogens is 2. The first-order chi connectivity index (χ1) is 15.4. The summed E-state index contributed by atoms with van der Waals surface area (Å²) in [6.45, 7) is 0.227. The molecule has 6 nitrogen and oxygen atoms in total. The first kappa shape index (κ1) is 21.0. The molecule has 1 atom stereocenters.